The molecule has 0 spiro atoms. The molecule has 9 heteroatoms. The molecule has 0 fully saturated rings. The van der Waals surface area contributed by atoms with Gasteiger partial charge in [0.15, 0.2) is 11.5 Å². The molecule has 152 valence electrons. The summed E-state index contributed by atoms with van der Waals surface area (Å²) in [6.07, 6.45) is 0. The fraction of sp³-hybridized carbons (Fsp3) is 0.316. The van der Waals surface area contributed by atoms with Crippen molar-refractivity contribution in [1.82, 2.24) is 0 Å². The van der Waals surface area contributed by atoms with Gasteiger partial charge in [0.05, 0.1) is 36.6 Å². The Kier molecular flexibility index (Phi) is 7.11. The van der Waals surface area contributed by atoms with Crippen molar-refractivity contribution in [3.8, 4) is 17.2 Å². The SMILES string of the molecule is CCOc1ccc(NS(=O)(=O)c2ccc(NC(C)=O)c(OC)c2)cc1OCC. The van der Waals surface area contributed by atoms with Crippen molar-refractivity contribution in [2.75, 3.05) is 30.4 Å². The van der Waals surface area contributed by atoms with Crippen molar-refractivity contribution in [1.29, 1.82) is 0 Å². The lowest BCUT2D eigenvalue weighted by atomic mass is 10.3. The fourth-order valence-electron chi connectivity index (χ4n) is 2.46. The van der Waals surface area contributed by atoms with E-state index in [1.165, 1.54) is 32.2 Å². The Balaban J connectivity index is 2.32. The Morgan fingerprint density at radius 3 is 2.25 bits per heavy atom. The van der Waals surface area contributed by atoms with Gasteiger partial charge in [-0.3, -0.25) is 9.52 Å². The van der Waals surface area contributed by atoms with Crippen LogP contribution < -0.4 is 24.2 Å². The largest absolute Gasteiger partial charge is 0.495 e. The van der Waals surface area contributed by atoms with Crippen LogP contribution in [0.15, 0.2) is 41.3 Å². The van der Waals surface area contributed by atoms with E-state index in [1.807, 2.05) is 13.8 Å². The molecule has 2 aromatic carbocycles. The lowest BCUT2D eigenvalue weighted by Crippen LogP contribution is -2.14. The van der Waals surface area contributed by atoms with Gasteiger partial charge < -0.3 is 19.5 Å². The number of hydrogen-bond donors (Lipinski definition) is 2. The first-order valence-electron chi connectivity index (χ1n) is 8.68. The van der Waals surface area contributed by atoms with Gasteiger partial charge in [-0.1, -0.05) is 0 Å². The van der Waals surface area contributed by atoms with Crippen LogP contribution in [0.5, 0.6) is 17.2 Å². The third-order valence-electron chi connectivity index (χ3n) is 3.59. The van der Waals surface area contributed by atoms with E-state index in [2.05, 4.69) is 10.0 Å². The molecule has 2 aromatic rings. The lowest BCUT2D eigenvalue weighted by molar-refractivity contribution is -0.114. The molecular formula is C19H24N2O6S. The number of anilines is 2. The molecule has 0 heterocycles. The van der Waals surface area contributed by atoms with Crippen molar-refractivity contribution in [2.24, 2.45) is 0 Å². The number of sulfonamides is 1. The summed E-state index contributed by atoms with van der Waals surface area (Å²) in [4.78, 5) is 11.2. The second kappa shape index (κ2) is 9.32. The molecule has 0 saturated heterocycles. The molecule has 0 bridgehead atoms. The summed E-state index contributed by atoms with van der Waals surface area (Å²) in [7, 11) is -2.49. The Hall–Kier alpha value is -2.94. The van der Waals surface area contributed by atoms with Gasteiger partial charge >= 0.3 is 0 Å². The third kappa shape index (κ3) is 5.29. The van der Waals surface area contributed by atoms with Crippen LogP contribution in [0, 0.1) is 0 Å². The van der Waals surface area contributed by atoms with Crippen molar-refractivity contribution >= 4 is 27.3 Å². The number of amides is 1. The molecule has 0 atom stereocenters. The van der Waals surface area contributed by atoms with E-state index < -0.39 is 10.0 Å². The van der Waals surface area contributed by atoms with E-state index in [9.17, 15) is 13.2 Å². The zero-order valence-corrected chi connectivity index (χ0v) is 17.1. The lowest BCUT2D eigenvalue weighted by Gasteiger charge is -2.15. The van der Waals surface area contributed by atoms with Gasteiger partial charge in [0, 0.05) is 19.1 Å². The second-order valence-corrected chi connectivity index (χ2v) is 7.36. The van der Waals surface area contributed by atoms with Crippen molar-refractivity contribution < 1.29 is 27.4 Å². The maximum absolute atomic E-state index is 12.8. The van der Waals surface area contributed by atoms with Crippen LogP contribution >= 0.6 is 0 Å². The number of carbonyl (C=O) groups is 1. The molecule has 0 unspecified atom stereocenters. The van der Waals surface area contributed by atoms with E-state index in [1.54, 1.807) is 18.2 Å². The molecular weight excluding hydrogens is 384 g/mol. The second-order valence-electron chi connectivity index (χ2n) is 5.68. The van der Waals surface area contributed by atoms with Crippen LogP contribution in [-0.4, -0.2) is 34.6 Å². The van der Waals surface area contributed by atoms with Crippen molar-refractivity contribution in [2.45, 2.75) is 25.7 Å². The maximum atomic E-state index is 12.8. The van der Waals surface area contributed by atoms with Crippen LogP contribution in [-0.2, 0) is 14.8 Å². The molecule has 0 aromatic heterocycles. The van der Waals surface area contributed by atoms with Crippen molar-refractivity contribution in [3.63, 3.8) is 0 Å². The molecule has 2 rings (SSSR count). The number of rotatable bonds is 9. The summed E-state index contributed by atoms with van der Waals surface area (Å²) in [6, 6.07) is 8.99. The highest BCUT2D eigenvalue weighted by atomic mass is 32.2. The highest BCUT2D eigenvalue weighted by Crippen LogP contribution is 2.33. The zero-order valence-electron chi connectivity index (χ0n) is 16.2. The highest BCUT2D eigenvalue weighted by molar-refractivity contribution is 7.92. The van der Waals surface area contributed by atoms with Gasteiger partial charge in [0.25, 0.3) is 10.0 Å². The van der Waals surface area contributed by atoms with E-state index in [-0.39, 0.29) is 16.6 Å². The molecule has 0 aliphatic heterocycles. The Labute approximate surface area is 164 Å². The summed E-state index contributed by atoms with van der Waals surface area (Å²) < 4.78 is 44.2. The number of ether oxygens (including phenoxy) is 3. The number of carbonyl (C=O) groups excluding carboxylic acids is 1. The van der Waals surface area contributed by atoms with Crippen LogP contribution in [0.3, 0.4) is 0 Å². The molecule has 8 nitrogen and oxygen atoms in total. The average Bonchev–Trinajstić information content (AvgIpc) is 2.63. The monoisotopic (exact) mass is 408 g/mol. The first kappa shape index (κ1) is 21.4. The first-order valence-corrected chi connectivity index (χ1v) is 10.2. The number of methoxy groups -OCH3 is 1. The quantitative estimate of drug-likeness (QED) is 0.660. The molecule has 0 aliphatic carbocycles. The zero-order chi connectivity index (χ0) is 20.7. The first-order chi connectivity index (χ1) is 13.3. The summed E-state index contributed by atoms with van der Waals surface area (Å²) in [5.41, 5.74) is 0.713. The minimum absolute atomic E-state index is 0.00898. The number of hydrogen-bond acceptors (Lipinski definition) is 6. The van der Waals surface area contributed by atoms with E-state index in [0.717, 1.165) is 0 Å². The van der Waals surface area contributed by atoms with Gasteiger partial charge in [-0.05, 0) is 38.1 Å². The maximum Gasteiger partial charge on any atom is 0.262 e. The Morgan fingerprint density at radius 1 is 0.964 bits per heavy atom. The van der Waals surface area contributed by atoms with Gasteiger partial charge in [0.2, 0.25) is 5.91 Å². The molecule has 1 amide bonds. The summed E-state index contributed by atoms with van der Waals surface area (Å²) in [5, 5.41) is 2.58. The van der Waals surface area contributed by atoms with Gasteiger partial charge in [-0.2, -0.15) is 0 Å². The van der Waals surface area contributed by atoms with Gasteiger partial charge in [-0.15, -0.1) is 0 Å². The molecule has 0 radical (unpaired) electrons. The third-order valence-corrected chi connectivity index (χ3v) is 4.97. The molecule has 2 N–H and O–H groups in total. The minimum Gasteiger partial charge on any atom is -0.495 e. The van der Waals surface area contributed by atoms with Crippen LogP contribution in [0.2, 0.25) is 0 Å². The summed E-state index contributed by atoms with van der Waals surface area (Å²) in [5.74, 6) is 0.932. The van der Waals surface area contributed by atoms with E-state index in [0.29, 0.717) is 36.1 Å². The predicted octanol–water partition coefficient (Wildman–Crippen LogP) is 3.25. The average molecular weight is 408 g/mol. The minimum atomic E-state index is -3.89. The molecule has 0 saturated carbocycles. The molecule has 0 aliphatic rings. The Morgan fingerprint density at radius 2 is 1.64 bits per heavy atom. The van der Waals surface area contributed by atoms with E-state index in [4.69, 9.17) is 14.2 Å². The van der Waals surface area contributed by atoms with Crippen LogP contribution in [0.1, 0.15) is 20.8 Å². The van der Waals surface area contributed by atoms with Crippen molar-refractivity contribution in [3.05, 3.63) is 36.4 Å². The van der Waals surface area contributed by atoms with E-state index >= 15 is 0 Å². The standard InChI is InChI=1S/C19H24N2O6S/c1-5-26-17-10-7-14(11-19(17)27-6-2)21-28(23,24)15-8-9-16(20-13(3)22)18(12-15)25-4/h7-12,21H,5-6H2,1-4H3,(H,20,22). The topological polar surface area (TPSA) is 103 Å². The van der Waals surface area contributed by atoms with Crippen LogP contribution in [0.4, 0.5) is 11.4 Å². The normalized spacial score (nSPS) is 10.9. The molecule has 28 heavy (non-hydrogen) atoms. The Bertz CT molecular complexity index is 943. The fourth-order valence-corrected chi connectivity index (χ4v) is 3.52. The predicted molar refractivity (Wildman–Crippen MR) is 107 cm³/mol. The van der Waals surface area contributed by atoms with Gasteiger partial charge in [0.1, 0.15) is 5.75 Å². The smallest absolute Gasteiger partial charge is 0.262 e. The summed E-state index contributed by atoms with van der Waals surface area (Å²) in [6.45, 7) is 5.91. The number of nitrogens with one attached hydrogen (secondary N) is 2. The number of benzene rings is 2. The van der Waals surface area contributed by atoms with Crippen LogP contribution in [0.25, 0.3) is 0 Å². The van der Waals surface area contributed by atoms with Gasteiger partial charge in [-0.25, -0.2) is 8.42 Å². The summed E-state index contributed by atoms with van der Waals surface area (Å²) >= 11 is 0. The highest BCUT2D eigenvalue weighted by Gasteiger charge is 2.18.